The number of fused-ring (bicyclic) bond motifs is 3. The van der Waals surface area contributed by atoms with Crippen LogP contribution >= 0.6 is 11.8 Å². The van der Waals surface area contributed by atoms with Gasteiger partial charge in [-0.05, 0) is 31.5 Å². The lowest BCUT2D eigenvalue weighted by Gasteiger charge is -2.05. The number of carbonyl (C=O) groups is 1. The van der Waals surface area contributed by atoms with Crippen LogP contribution in [0.25, 0.3) is 22.1 Å². The fourth-order valence-electron chi connectivity index (χ4n) is 3.13. The summed E-state index contributed by atoms with van der Waals surface area (Å²) in [5, 5.41) is 23.3. The Bertz CT molecular complexity index is 1270. The van der Waals surface area contributed by atoms with Crippen LogP contribution in [-0.4, -0.2) is 36.7 Å². The van der Waals surface area contributed by atoms with Crippen LogP contribution in [-0.2, 0) is 4.79 Å². The molecule has 10 heteroatoms. The number of nitrogens with one attached hydrogen (secondary N) is 2. The molecule has 0 atom stereocenters. The summed E-state index contributed by atoms with van der Waals surface area (Å²) in [5.74, 6) is -0.395. The zero-order valence-electron chi connectivity index (χ0n) is 15.6. The van der Waals surface area contributed by atoms with Gasteiger partial charge in [0, 0.05) is 11.5 Å². The van der Waals surface area contributed by atoms with E-state index in [0.29, 0.717) is 16.3 Å². The Kier molecular flexibility index (Phi) is 4.85. The smallest absolute Gasteiger partial charge is 0.292 e. The first-order valence-electron chi connectivity index (χ1n) is 8.72. The third kappa shape index (κ3) is 3.74. The Morgan fingerprint density at radius 3 is 2.83 bits per heavy atom. The fraction of sp³-hybridized carbons (Fsp3) is 0.158. The van der Waals surface area contributed by atoms with E-state index in [-0.39, 0.29) is 17.1 Å². The van der Waals surface area contributed by atoms with Crippen LogP contribution < -0.4 is 5.32 Å². The molecule has 146 valence electrons. The summed E-state index contributed by atoms with van der Waals surface area (Å²) in [6.07, 6.45) is 0. The molecule has 2 aromatic carbocycles. The minimum absolute atomic E-state index is 0.00238. The molecule has 0 aliphatic rings. The number of aromatic amines is 1. The van der Waals surface area contributed by atoms with Crippen LogP contribution in [0.2, 0.25) is 0 Å². The highest BCUT2D eigenvalue weighted by molar-refractivity contribution is 7.99. The van der Waals surface area contributed by atoms with E-state index in [4.69, 9.17) is 0 Å². The SMILES string of the molecule is Cc1cc(C)c2[nH]c3nc(SCC(=O)Nc4ccccc4[N+](=O)[O-])nnc3c2c1. The standard InChI is InChI=1S/C19H16N6O3S/c1-10-7-11(2)16-12(8-10)17-18(21-16)22-19(24-23-17)29-9-15(26)20-13-5-3-4-6-14(13)25(27)28/h3-8H,9H2,1-2H3,(H,20,26)(H,21,22,24). The van der Waals surface area contributed by atoms with Gasteiger partial charge in [0.15, 0.2) is 5.65 Å². The Hall–Kier alpha value is -3.53. The highest BCUT2D eigenvalue weighted by atomic mass is 32.2. The first-order valence-corrected chi connectivity index (χ1v) is 9.70. The summed E-state index contributed by atoms with van der Waals surface area (Å²) >= 11 is 1.11. The molecule has 0 saturated carbocycles. The van der Waals surface area contributed by atoms with Crippen molar-refractivity contribution in [3.05, 3.63) is 57.6 Å². The second-order valence-electron chi connectivity index (χ2n) is 6.53. The Morgan fingerprint density at radius 1 is 1.24 bits per heavy atom. The lowest BCUT2D eigenvalue weighted by atomic mass is 10.1. The predicted molar refractivity (Wildman–Crippen MR) is 111 cm³/mol. The molecule has 4 rings (SSSR count). The van der Waals surface area contributed by atoms with E-state index in [0.717, 1.165) is 33.8 Å². The summed E-state index contributed by atoms with van der Waals surface area (Å²) in [6, 6.07) is 10.1. The minimum Gasteiger partial charge on any atom is -0.337 e. The van der Waals surface area contributed by atoms with E-state index in [1.165, 1.54) is 12.1 Å². The number of amides is 1. The number of nitrogens with zero attached hydrogens (tertiary/aromatic N) is 4. The van der Waals surface area contributed by atoms with Crippen molar-refractivity contribution in [2.24, 2.45) is 0 Å². The maximum Gasteiger partial charge on any atom is 0.292 e. The van der Waals surface area contributed by atoms with Gasteiger partial charge in [0.05, 0.1) is 16.2 Å². The number of aromatic nitrogens is 4. The molecule has 1 amide bonds. The molecule has 0 fully saturated rings. The van der Waals surface area contributed by atoms with Crippen molar-refractivity contribution >= 4 is 51.1 Å². The summed E-state index contributed by atoms with van der Waals surface area (Å²) in [5.41, 5.74) is 4.46. The van der Waals surface area contributed by atoms with Crippen molar-refractivity contribution in [2.45, 2.75) is 19.0 Å². The van der Waals surface area contributed by atoms with E-state index in [1.54, 1.807) is 12.1 Å². The van der Waals surface area contributed by atoms with Crippen molar-refractivity contribution in [3.63, 3.8) is 0 Å². The summed E-state index contributed by atoms with van der Waals surface area (Å²) < 4.78 is 0. The fourth-order valence-corrected chi connectivity index (χ4v) is 3.72. The lowest BCUT2D eigenvalue weighted by molar-refractivity contribution is -0.383. The number of H-pyrrole nitrogens is 1. The molecule has 9 nitrogen and oxygen atoms in total. The number of para-hydroxylation sites is 2. The molecule has 4 aromatic rings. The lowest BCUT2D eigenvalue weighted by Crippen LogP contribution is -2.15. The van der Waals surface area contributed by atoms with Crippen LogP contribution in [0.15, 0.2) is 41.6 Å². The molecule has 2 N–H and O–H groups in total. The van der Waals surface area contributed by atoms with Gasteiger partial charge >= 0.3 is 0 Å². The third-order valence-corrected chi connectivity index (χ3v) is 5.19. The normalized spacial score (nSPS) is 11.1. The molecule has 0 unspecified atom stereocenters. The third-order valence-electron chi connectivity index (χ3n) is 4.35. The van der Waals surface area contributed by atoms with Crippen LogP contribution in [0.5, 0.6) is 0 Å². The number of hydrogen-bond donors (Lipinski definition) is 2. The van der Waals surface area contributed by atoms with Gasteiger partial charge < -0.3 is 10.3 Å². The van der Waals surface area contributed by atoms with E-state index in [9.17, 15) is 14.9 Å². The van der Waals surface area contributed by atoms with Gasteiger partial charge in [0.1, 0.15) is 11.2 Å². The topological polar surface area (TPSA) is 127 Å². The first-order chi connectivity index (χ1) is 13.9. The number of nitro benzene ring substituents is 1. The summed E-state index contributed by atoms with van der Waals surface area (Å²) in [7, 11) is 0. The Labute approximate surface area is 169 Å². The van der Waals surface area contributed by atoms with E-state index < -0.39 is 10.8 Å². The van der Waals surface area contributed by atoms with Gasteiger partial charge in [-0.1, -0.05) is 35.5 Å². The van der Waals surface area contributed by atoms with Gasteiger partial charge in [-0.25, -0.2) is 4.98 Å². The maximum absolute atomic E-state index is 12.2. The Morgan fingerprint density at radius 2 is 2.03 bits per heavy atom. The molecule has 0 bridgehead atoms. The zero-order chi connectivity index (χ0) is 20.5. The molecule has 0 radical (unpaired) electrons. The van der Waals surface area contributed by atoms with E-state index in [2.05, 4.69) is 31.5 Å². The molecule has 2 aromatic heterocycles. The summed E-state index contributed by atoms with van der Waals surface area (Å²) in [4.78, 5) is 30.4. The van der Waals surface area contributed by atoms with Crippen LogP contribution in [0.4, 0.5) is 11.4 Å². The molecule has 0 aliphatic heterocycles. The second-order valence-corrected chi connectivity index (χ2v) is 7.47. The first kappa shape index (κ1) is 18.8. The van der Waals surface area contributed by atoms with Crippen molar-refractivity contribution in [1.82, 2.24) is 20.2 Å². The molecule has 2 heterocycles. The number of thioether (sulfide) groups is 1. The van der Waals surface area contributed by atoms with Crippen molar-refractivity contribution in [2.75, 3.05) is 11.1 Å². The molecule has 0 spiro atoms. The van der Waals surface area contributed by atoms with Crippen molar-refractivity contribution < 1.29 is 9.72 Å². The number of rotatable bonds is 5. The molecular weight excluding hydrogens is 392 g/mol. The monoisotopic (exact) mass is 408 g/mol. The Balaban J connectivity index is 1.51. The van der Waals surface area contributed by atoms with Gasteiger partial charge in [-0.3, -0.25) is 14.9 Å². The average molecular weight is 408 g/mol. The van der Waals surface area contributed by atoms with Gasteiger partial charge in [-0.2, -0.15) is 0 Å². The number of aryl methyl sites for hydroxylation is 2. The van der Waals surface area contributed by atoms with Gasteiger partial charge in [0.25, 0.3) is 5.69 Å². The largest absolute Gasteiger partial charge is 0.337 e. The average Bonchev–Trinajstić information content (AvgIpc) is 3.05. The molecule has 29 heavy (non-hydrogen) atoms. The number of nitro groups is 1. The maximum atomic E-state index is 12.2. The molecule has 0 saturated heterocycles. The minimum atomic E-state index is -0.538. The van der Waals surface area contributed by atoms with E-state index >= 15 is 0 Å². The predicted octanol–water partition coefficient (Wildman–Crippen LogP) is 3.76. The second kappa shape index (κ2) is 7.47. The quantitative estimate of drug-likeness (QED) is 0.292. The number of carbonyl (C=O) groups excluding carboxylic acids is 1. The van der Waals surface area contributed by atoms with Crippen molar-refractivity contribution in [3.8, 4) is 0 Å². The van der Waals surface area contributed by atoms with E-state index in [1.807, 2.05) is 19.9 Å². The number of anilines is 1. The van der Waals surface area contributed by atoms with Crippen LogP contribution in [0.3, 0.4) is 0 Å². The molecule has 0 aliphatic carbocycles. The highest BCUT2D eigenvalue weighted by Crippen LogP contribution is 2.27. The van der Waals surface area contributed by atoms with Crippen LogP contribution in [0.1, 0.15) is 11.1 Å². The van der Waals surface area contributed by atoms with Crippen LogP contribution in [0, 0.1) is 24.0 Å². The number of hydrogen-bond acceptors (Lipinski definition) is 7. The summed E-state index contributed by atoms with van der Waals surface area (Å²) in [6.45, 7) is 4.03. The van der Waals surface area contributed by atoms with Gasteiger partial charge in [0.2, 0.25) is 11.1 Å². The zero-order valence-corrected chi connectivity index (χ0v) is 16.4. The number of benzene rings is 2. The van der Waals surface area contributed by atoms with Gasteiger partial charge in [-0.15, -0.1) is 10.2 Å². The molecular formula is C19H16N6O3S. The highest BCUT2D eigenvalue weighted by Gasteiger charge is 2.16. The van der Waals surface area contributed by atoms with Crippen molar-refractivity contribution in [1.29, 1.82) is 0 Å².